The zero-order valence-electron chi connectivity index (χ0n) is 28.9. The zero-order valence-corrected chi connectivity index (χ0v) is 28.9. The van der Waals surface area contributed by atoms with Gasteiger partial charge in [-0.2, -0.15) is 0 Å². The molecule has 0 saturated carbocycles. The van der Waals surface area contributed by atoms with Crippen molar-refractivity contribution in [1.29, 1.82) is 0 Å². The molecule has 0 spiro atoms. The molecular weight excluding hydrogens is 496 g/mol. The van der Waals surface area contributed by atoms with Gasteiger partial charge in [0, 0.05) is 6.42 Å². The van der Waals surface area contributed by atoms with E-state index in [2.05, 4.69) is 42.3 Å². The van der Waals surface area contributed by atoms with Crippen LogP contribution in [0.4, 0.5) is 0 Å². The summed E-state index contributed by atoms with van der Waals surface area (Å²) in [6.45, 7) is 9.38. The van der Waals surface area contributed by atoms with Crippen molar-refractivity contribution >= 4 is 0 Å². The van der Waals surface area contributed by atoms with Crippen LogP contribution in [0.5, 0.6) is 0 Å². The lowest BCUT2D eigenvalue weighted by atomic mass is 10.0. The van der Waals surface area contributed by atoms with Gasteiger partial charge in [-0.05, 0) is 25.7 Å². The van der Waals surface area contributed by atoms with E-state index in [-0.39, 0.29) is 0 Å². The lowest BCUT2D eigenvalue weighted by Crippen LogP contribution is -2.37. The first kappa shape index (κ1) is 38.2. The van der Waals surface area contributed by atoms with Crippen molar-refractivity contribution in [1.82, 2.24) is 4.57 Å². The third kappa shape index (κ3) is 23.4. The van der Waals surface area contributed by atoms with Crippen LogP contribution in [-0.4, -0.2) is 4.57 Å². The highest BCUT2D eigenvalue weighted by atomic mass is 15.1. The molecule has 0 aromatic carbocycles. The maximum absolute atomic E-state index is 2.55. The molecule has 0 unspecified atom stereocenters. The zero-order chi connectivity index (χ0) is 29.5. The van der Waals surface area contributed by atoms with Gasteiger partial charge in [0.2, 0.25) is 0 Å². The Labute approximate surface area is 259 Å². The van der Waals surface area contributed by atoms with Crippen LogP contribution in [0.1, 0.15) is 219 Å². The summed E-state index contributed by atoms with van der Waals surface area (Å²) >= 11 is 0. The van der Waals surface area contributed by atoms with E-state index in [0.29, 0.717) is 0 Å². The summed E-state index contributed by atoms with van der Waals surface area (Å²) in [4.78, 5) is 0. The Balaban J connectivity index is 1.93. The molecular formula is C39H77N2+. The summed E-state index contributed by atoms with van der Waals surface area (Å²) in [5.41, 5.74) is 0. The molecule has 0 N–H and O–H groups in total. The van der Waals surface area contributed by atoms with Gasteiger partial charge in [0.25, 0.3) is 5.82 Å². The van der Waals surface area contributed by atoms with Crippen LogP contribution in [-0.2, 0) is 19.5 Å². The molecule has 0 amide bonds. The first-order valence-electron chi connectivity index (χ1n) is 19.4. The van der Waals surface area contributed by atoms with Gasteiger partial charge in [-0.25, -0.2) is 9.13 Å². The Morgan fingerprint density at radius 3 is 1.07 bits per heavy atom. The molecule has 0 bridgehead atoms. The molecule has 1 aromatic heterocycles. The Morgan fingerprint density at radius 1 is 0.415 bits per heavy atom. The first-order valence-corrected chi connectivity index (χ1v) is 19.4. The van der Waals surface area contributed by atoms with Crippen molar-refractivity contribution in [2.24, 2.45) is 0 Å². The van der Waals surface area contributed by atoms with E-state index in [1.54, 1.807) is 5.82 Å². The highest BCUT2D eigenvalue weighted by Gasteiger charge is 2.14. The SMILES string of the molecule is CCCCCCCCCCCCCCCCCC[n+]1ccn(CCCCCCCCCCCCCCCC)c1CC. The fourth-order valence-electron chi connectivity index (χ4n) is 6.62. The van der Waals surface area contributed by atoms with Gasteiger partial charge in [-0.3, -0.25) is 0 Å². The van der Waals surface area contributed by atoms with Gasteiger partial charge in [-0.1, -0.05) is 188 Å². The summed E-state index contributed by atoms with van der Waals surface area (Å²) in [5, 5.41) is 0. The number of aryl methyl sites for hydroxylation is 2. The molecule has 1 rings (SSSR count). The lowest BCUT2D eigenvalue weighted by Gasteiger charge is -2.05. The maximum Gasteiger partial charge on any atom is 0.256 e. The Morgan fingerprint density at radius 2 is 0.732 bits per heavy atom. The molecule has 0 aliphatic rings. The maximum atomic E-state index is 2.55. The minimum atomic E-state index is 1.16. The second-order valence-electron chi connectivity index (χ2n) is 13.4. The minimum absolute atomic E-state index is 1.16. The topological polar surface area (TPSA) is 8.81 Å². The van der Waals surface area contributed by atoms with Gasteiger partial charge < -0.3 is 0 Å². The fourth-order valence-corrected chi connectivity index (χ4v) is 6.62. The molecule has 1 aromatic rings. The largest absolute Gasteiger partial charge is 0.256 e. The van der Waals surface area contributed by atoms with Crippen molar-refractivity contribution < 1.29 is 4.57 Å². The molecule has 0 atom stereocenters. The number of rotatable bonds is 33. The second-order valence-corrected chi connectivity index (χ2v) is 13.4. The third-order valence-corrected chi connectivity index (χ3v) is 9.41. The van der Waals surface area contributed by atoms with Crippen molar-refractivity contribution in [2.75, 3.05) is 0 Å². The van der Waals surface area contributed by atoms with E-state index in [4.69, 9.17) is 0 Å². The molecule has 0 aliphatic carbocycles. The molecule has 41 heavy (non-hydrogen) atoms. The molecule has 1 heterocycles. The van der Waals surface area contributed by atoms with Crippen LogP contribution >= 0.6 is 0 Å². The van der Waals surface area contributed by atoms with Crippen LogP contribution < -0.4 is 4.57 Å². The summed E-state index contributed by atoms with van der Waals surface area (Å²) in [6.07, 6.45) is 49.1. The smallest absolute Gasteiger partial charge is 0.234 e. The predicted molar refractivity (Wildman–Crippen MR) is 184 cm³/mol. The normalized spacial score (nSPS) is 11.6. The molecule has 0 fully saturated rings. The lowest BCUT2D eigenvalue weighted by molar-refractivity contribution is -0.704. The monoisotopic (exact) mass is 574 g/mol. The summed E-state index contributed by atoms with van der Waals surface area (Å²) < 4.78 is 5.10. The number of imidazole rings is 1. The van der Waals surface area contributed by atoms with E-state index < -0.39 is 0 Å². The van der Waals surface area contributed by atoms with E-state index >= 15 is 0 Å². The van der Waals surface area contributed by atoms with E-state index in [0.717, 1.165) is 6.42 Å². The Bertz CT molecular complexity index is 634. The average molecular weight is 574 g/mol. The van der Waals surface area contributed by atoms with E-state index in [9.17, 15) is 0 Å². The molecule has 0 saturated heterocycles. The van der Waals surface area contributed by atoms with Crippen LogP contribution in [0.15, 0.2) is 12.4 Å². The highest BCUT2D eigenvalue weighted by molar-refractivity contribution is 4.83. The Kier molecular flexibility index (Phi) is 28.6. The first-order chi connectivity index (χ1) is 20.3. The van der Waals surface area contributed by atoms with Crippen molar-refractivity contribution in [2.45, 2.75) is 233 Å². The predicted octanol–water partition coefficient (Wildman–Crippen LogP) is 13.1. The Hall–Kier alpha value is -0.790. The third-order valence-electron chi connectivity index (χ3n) is 9.41. The number of unbranched alkanes of at least 4 members (excludes halogenated alkanes) is 28. The fraction of sp³-hybridized carbons (Fsp3) is 0.923. The molecule has 0 aliphatic heterocycles. The average Bonchev–Trinajstić information content (AvgIpc) is 3.38. The minimum Gasteiger partial charge on any atom is -0.234 e. The van der Waals surface area contributed by atoms with Crippen molar-refractivity contribution in [3.63, 3.8) is 0 Å². The van der Waals surface area contributed by atoms with Crippen LogP contribution in [0.2, 0.25) is 0 Å². The second kappa shape index (κ2) is 30.7. The molecule has 0 radical (unpaired) electrons. The van der Waals surface area contributed by atoms with E-state index in [1.807, 2.05) is 0 Å². The van der Waals surface area contributed by atoms with Crippen molar-refractivity contribution in [3.8, 4) is 0 Å². The number of hydrogen-bond acceptors (Lipinski definition) is 0. The van der Waals surface area contributed by atoms with Crippen LogP contribution in [0.3, 0.4) is 0 Å². The van der Waals surface area contributed by atoms with Crippen LogP contribution in [0.25, 0.3) is 0 Å². The number of hydrogen-bond donors (Lipinski definition) is 0. The molecule has 2 heteroatoms. The molecule has 242 valence electrons. The number of nitrogens with zero attached hydrogens (tertiary/aromatic N) is 2. The summed E-state index contributed by atoms with van der Waals surface area (Å²) in [6, 6.07) is 0. The van der Waals surface area contributed by atoms with Crippen LogP contribution in [0, 0.1) is 0 Å². The van der Waals surface area contributed by atoms with Gasteiger partial charge in [0.1, 0.15) is 12.4 Å². The number of aromatic nitrogens is 2. The van der Waals surface area contributed by atoms with E-state index in [1.165, 1.54) is 206 Å². The molecule has 2 nitrogen and oxygen atoms in total. The summed E-state index contributed by atoms with van der Waals surface area (Å²) in [7, 11) is 0. The standard InChI is InChI=1S/C39H77N2/c1-4-7-9-11-13-15-17-19-21-22-24-26-28-30-32-34-36-41-38-37-40(39(41)6-3)35-33-31-29-27-25-23-20-18-16-14-12-10-8-5-2/h37-38H,4-36H2,1-3H3/q+1. The highest BCUT2D eigenvalue weighted by Crippen LogP contribution is 2.15. The summed E-state index contributed by atoms with van der Waals surface area (Å²) in [5.74, 6) is 1.54. The van der Waals surface area contributed by atoms with Gasteiger partial charge in [0.05, 0.1) is 13.1 Å². The van der Waals surface area contributed by atoms with Crippen molar-refractivity contribution in [3.05, 3.63) is 18.2 Å². The van der Waals surface area contributed by atoms with Gasteiger partial charge in [-0.15, -0.1) is 0 Å². The van der Waals surface area contributed by atoms with Gasteiger partial charge in [0.15, 0.2) is 0 Å². The van der Waals surface area contributed by atoms with Gasteiger partial charge >= 0.3 is 0 Å². The quantitative estimate of drug-likeness (QED) is 0.0584.